The first-order valence-electron chi connectivity index (χ1n) is 6.88. The van der Waals surface area contributed by atoms with E-state index in [4.69, 9.17) is 10.5 Å². The highest BCUT2D eigenvalue weighted by Crippen LogP contribution is 2.11. The zero-order valence-corrected chi connectivity index (χ0v) is 13.1. The molecule has 0 aliphatic rings. The van der Waals surface area contributed by atoms with Crippen LogP contribution in [-0.2, 0) is 16.0 Å². The Labute approximate surface area is 129 Å². The molecule has 1 rings (SSSR count). The monoisotopic (exact) mass is 309 g/mol. The van der Waals surface area contributed by atoms with Gasteiger partial charge in [-0.25, -0.2) is 4.79 Å². The van der Waals surface area contributed by atoms with Crippen molar-refractivity contribution in [3.05, 3.63) is 29.8 Å². The Balaban J connectivity index is 2.66. The van der Waals surface area contributed by atoms with E-state index in [1.165, 1.54) is 12.1 Å². The summed E-state index contributed by atoms with van der Waals surface area (Å²) in [4.78, 5) is 23.5. The van der Waals surface area contributed by atoms with Crippen LogP contribution in [0.2, 0.25) is 0 Å². The van der Waals surface area contributed by atoms with Crippen molar-refractivity contribution in [2.45, 2.75) is 31.8 Å². The average molecular weight is 309 g/mol. The first kappa shape index (κ1) is 17.8. The number of methoxy groups -OCH3 is 1. The van der Waals surface area contributed by atoms with E-state index in [0.717, 1.165) is 5.56 Å². The first-order valence-corrected chi connectivity index (χ1v) is 6.88. The molecule has 0 heterocycles. The second kappa shape index (κ2) is 7.65. The number of carbonyl (C=O) groups excluding carboxylic acids is 2. The molecule has 0 saturated heterocycles. The fourth-order valence-electron chi connectivity index (χ4n) is 1.99. The van der Waals surface area contributed by atoms with Gasteiger partial charge >= 0.3 is 6.03 Å². The molecule has 0 bridgehead atoms. The second-order valence-electron chi connectivity index (χ2n) is 5.74. The molecule has 0 saturated carbocycles. The van der Waals surface area contributed by atoms with Crippen LogP contribution in [0.3, 0.4) is 0 Å². The van der Waals surface area contributed by atoms with E-state index in [9.17, 15) is 14.7 Å². The molecule has 0 aromatic heterocycles. The number of benzene rings is 1. The third-order valence-electron chi connectivity index (χ3n) is 2.98. The van der Waals surface area contributed by atoms with Gasteiger partial charge in [-0.15, -0.1) is 0 Å². The highest BCUT2D eigenvalue weighted by molar-refractivity contribution is 5.86. The van der Waals surface area contributed by atoms with Gasteiger partial charge in [-0.2, -0.15) is 0 Å². The first-order chi connectivity index (χ1) is 10.2. The summed E-state index contributed by atoms with van der Waals surface area (Å²) in [5.41, 5.74) is 5.54. The summed E-state index contributed by atoms with van der Waals surface area (Å²) in [6.07, 6.45) is 0.244. The number of nitrogens with two attached hydrogens (primary N) is 1. The number of phenolic OH excluding ortho intramolecular Hbond substituents is 1. The molecular formula is C15H23N3O4. The number of amides is 3. The molecule has 0 fully saturated rings. The Hall–Kier alpha value is -2.28. The zero-order chi connectivity index (χ0) is 16.8. The predicted molar refractivity (Wildman–Crippen MR) is 82.4 cm³/mol. The molecule has 5 N–H and O–H groups in total. The van der Waals surface area contributed by atoms with Crippen LogP contribution in [0.1, 0.15) is 19.4 Å². The Kier molecular flexibility index (Phi) is 6.18. The maximum Gasteiger partial charge on any atom is 0.315 e. The van der Waals surface area contributed by atoms with Crippen molar-refractivity contribution in [2.75, 3.05) is 13.7 Å². The highest BCUT2D eigenvalue weighted by Gasteiger charge is 2.24. The van der Waals surface area contributed by atoms with Crippen LogP contribution in [0.25, 0.3) is 0 Å². The summed E-state index contributed by atoms with van der Waals surface area (Å²) in [5, 5.41) is 14.5. The lowest BCUT2D eigenvalue weighted by Gasteiger charge is -2.26. The number of carbonyl (C=O) groups is 2. The van der Waals surface area contributed by atoms with E-state index in [0.29, 0.717) is 6.61 Å². The van der Waals surface area contributed by atoms with E-state index >= 15 is 0 Å². The van der Waals surface area contributed by atoms with Gasteiger partial charge in [0.15, 0.2) is 0 Å². The standard InChI is InChI=1S/C15H23N3O4/c1-15(2,9-22-3)18-14(21)17-12(13(16)20)8-10-4-6-11(19)7-5-10/h4-7,12,19H,8-9H2,1-3H3,(H2,16,20)(H2,17,18,21)/t12-/m0/s1. The average Bonchev–Trinajstić information content (AvgIpc) is 2.39. The van der Waals surface area contributed by atoms with Crippen LogP contribution >= 0.6 is 0 Å². The molecule has 22 heavy (non-hydrogen) atoms. The minimum absolute atomic E-state index is 0.131. The molecule has 1 aromatic rings. The minimum Gasteiger partial charge on any atom is -0.508 e. The normalized spacial score (nSPS) is 12.5. The number of hydrogen-bond donors (Lipinski definition) is 4. The van der Waals surface area contributed by atoms with Crippen LogP contribution in [0.4, 0.5) is 4.79 Å². The zero-order valence-electron chi connectivity index (χ0n) is 13.1. The number of primary amides is 1. The lowest BCUT2D eigenvalue weighted by atomic mass is 10.1. The molecule has 1 aromatic carbocycles. The van der Waals surface area contributed by atoms with Crippen LogP contribution in [0, 0.1) is 0 Å². The Morgan fingerprint density at radius 1 is 1.32 bits per heavy atom. The number of nitrogens with one attached hydrogen (secondary N) is 2. The van der Waals surface area contributed by atoms with E-state index in [2.05, 4.69) is 10.6 Å². The molecule has 0 spiro atoms. The van der Waals surface area contributed by atoms with Crippen LogP contribution in [0.5, 0.6) is 5.75 Å². The summed E-state index contributed by atoms with van der Waals surface area (Å²) in [6.45, 7) is 3.93. The number of phenols is 1. The lowest BCUT2D eigenvalue weighted by Crippen LogP contribution is -2.55. The summed E-state index contributed by atoms with van der Waals surface area (Å²) < 4.78 is 5.01. The van der Waals surface area contributed by atoms with Gasteiger partial charge in [-0.05, 0) is 31.5 Å². The fraction of sp³-hybridized carbons (Fsp3) is 0.467. The molecule has 0 aliphatic heterocycles. The maximum absolute atomic E-state index is 12.0. The Morgan fingerprint density at radius 3 is 2.41 bits per heavy atom. The van der Waals surface area contributed by atoms with E-state index < -0.39 is 23.5 Å². The predicted octanol–water partition coefficient (Wildman–Crippen LogP) is 0.513. The van der Waals surface area contributed by atoms with Gasteiger partial charge < -0.3 is 26.2 Å². The second-order valence-corrected chi connectivity index (χ2v) is 5.74. The van der Waals surface area contributed by atoms with Crippen LogP contribution in [-0.4, -0.2) is 42.3 Å². The van der Waals surface area contributed by atoms with Crippen molar-refractivity contribution in [1.29, 1.82) is 0 Å². The molecule has 0 unspecified atom stereocenters. The van der Waals surface area contributed by atoms with Gasteiger partial charge in [0, 0.05) is 13.5 Å². The fourth-order valence-corrected chi connectivity index (χ4v) is 1.99. The molecule has 7 heteroatoms. The van der Waals surface area contributed by atoms with E-state index in [1.807, 2.05) is 0 Å². The number of urea groups is 1. The SMILES string of the molecule is COCC(C)(C)NC(=O)N[C@@H](Cc1ccc(O)cc1)C(N)=O. The molecule has 122 valence electrons. The third kappa shape index (κ3) is 6.01. The number of ether oxygens (including phenoxy) is 1. The van der Waals surface area contributed by atoms with E-state index in [1.54, 1.807) is 33.1 Å². The van der Waals surface area contributed by atoms with Gasteiger partial charge in [0.2, 0.25) is 5.91 Å². The molecule has 0 aliphatic carbocycles. The highest BCUT2D eigenvalue weighted by atomic mass is 16.5. The van der Waals surface area contributed by atoms with Crippen LogP contribution in [0.15, 0.2) is 24.3 Å². The maximum atomic E-state index is 12.0. The van der Waals surface area contributed by atoms with Gasteiger partial charge in [-0.3, -0.25) is 4.79 Å². The largest absolute Gasteiger partial charge is 0.508 e. The number of aromatic hydroxyl groups is 1. The van der Waals surface area contributed by atoms with Gasteiger partial charge in [0.1, 0.15) is 11.8 Å². The smallest absolute Gasteiger partial charge is 0.315 e. The van der Waals surface area contributed by atoms with Crippen molar-refractivity contribution in [3.8, 4) is 5.75 Å². The minimum atomic E-state index is -0.845. The van der Waals surface area contributed by atoms with Gasteiger partial charge in [0.05, 0.1) is 12.1 Å². The molecule has 0 radical (unpaired) electrons. The molecule has 7 nitrogen and oxygen atoms in total. The van der Waals surface area contributed by atoms with Crippen molar-refractivity contribution >= 4 is 11.9 Å². The van der Waals surface area contributed by atoms with Crippen molar-refractivity contribution in [2.24, 2.45) is 5.73 Å². The Bertz CT molecular complexity index is 514. The Morgan fingerprint density at radius 2 is 1.91 bits per heavy atom. The third-order valence-corrected chi connectivity index (χ3v) is 2.98. The van der Waals surface area contributed by atoms with Crippen molar-refractivity contribution in [3.63, 3.8) is 0 Å². The quantitative estimate of drug-likeness (QED) is 0.587. The summed E-state index contributed by atoms with van der Waals surface area (Å²) in [6, 6.07) is 5.01. The summed E-state index contributed by atoms with van der Waals surface area (Å²) in [7, 11) is 1.54. The molecule has 1 atom stereocenters. The molecule has 3 amide bonds. The van der Waals surface area contributed by atoms with Crippen molar-refractivity contribution in [1.82, 2.24) is 10.6 Å². The topological polar surface area (TPSA) is 114 Å². The van der Waals surface area contributed by atoms with Gasteiger partial charge in [0.25, 0.3) is 0 Å². The summed E-state index contributed by atoms with van der Waals surface area (Å²) in [5.74, 6) is -0.501. The lowest BCUT2D eigenvalue weighted by molar-refractivity contribution is -0.119. The number of rotatable bonds is 7. The van der Waals surface area contributed by atoms with E-state index in [-0.39, 0.29) is 12.2 Å². The van der Waals surface area contributed by atoms with Crippen molar-refractivity contribution < 1.29 is 19.4 Å². The van der Waals surface area contributed by atoms with Gasteiger partial charge in [-0.1, -0.05) is 12.1 Å². The number of hydrogen-bond acceptors (Lipinski definition) is 4. The molecular weight excluding hydrogens is 286 g/mol. The summed E-state index contributed by atoms with van der Waals surface area (Å²) >= 11 is 0. The van der Waals surface area contributed by atoms with Crippen LogP contribution < -0.4 is 16.4 Å².